The molecular formula is C18H21BrN2O2S. The minimum Gasteiger partial charge on any atom is -0.483 e. The van der Waals surface area contributed by atoms with Gasteiger partial charge in [0, 0.05) is 4.88 Å². The van der Waals surface area contributed by atoms with Gasteiger partial charge in [0.05, 0.1) is 10.7 Å². The van der Waals surface area contributed by atoms with E-state index in [4.69, 9.17) is 4.74 Å². The Bertz CT molecular complexity index is 748. The molecule has 1 heterocycles. The fourth-order valence-electron chi connectivity index (χ4n) is 1.94. The molecule has 4 nitrogen and oxygen atoms in total. The molecule has 0 fully saturated rings. The van der Waals surface area contributed by atoms with Gasteiger partial charge < -0.3 is 4.74 Å². The van der Waals surface area contributed by atoms with Crippen LogP contribution in [0.3, 0.4) is 0 Å². The zero-order valence-electron chi connectivity index (χ0n) is 14.2. The highest BCUT2D eigenvalue weighted by Gasteiger charge is 2.15. The monoisotopic (exact) mass is 408 g/mol. The Morgan fingerprint density at radius 3 is 2.71 bits per heavy atom. The fraction of sp³-hybridized carbons (Fsp3) is 0.333. The summed E-state index contributed by atoms with van der Waals surface area (Å²) in [5.74, 6) is 0.337. The van der Waals surface area contributed by atoms with Crippen LogP contribution < -0.4 is 10.2 Å². The van der Waals surface area contributed by atoms with Crippen LogP contribution in [0.15, 0.2) is 39.2 Å². The van der Waals surface area contributed by atoms with E-state index in [1.165, 1.54) is 5.56 Å². The summed E-state index contributed by atoms with van der Waals surface area (Å²) in [6.07, 6.45) is 1.64. The summed E-state index contributed by atoms with van der Waals surface area (Å²) in [6, 6.07) is 7.91. The van der Waals surface area contributed by atoms with Gasteiger partial charge in [-0.05, 0) is 63.0 Å². The molecule has 1 N–H and O–H groups in total. The second-order valence-electron chi connectivity index (χ2n) is 6.44. The number of benzene rings is 1. The van der Waals surface area contributed by atoms with Gasteiger partial charge in [-0.2, -0.15) is 5.10 Å². The van der Waals surface area contributed by atoms with E-state index in [0.29, 0.717) is 5.75 Å². The molecule has 2 rings (SSSR count). The van der Waals surface area contributed by atoms with Gasteiger partial charge in [-0.15, -0.1) is 11.3 Å². The Kier molecular flexibility index (Phi) is 6.18. The lowest BCUT2D eigenvalue weighted by molar-refractivity contribution is -0.123. The normalized spacial score (nSPS) is 11.7. The van der Waals surface area contributed by atoms with Crippen LogP contribution in [0.4, 0.5) is 0 Å². The van der Waals surface area contributed by atoms with Crippen molar-refractivity contribution in [2.24, 2.45) is 5.10 Å². The number of carbonyl (C=O) groups is 1. The minimum atomic E-state index is -0.299. The summed E-state index contributed by atoms with van der Waals surface area (Å²) < 4.78 is 6.38. The number of rotatable bonds is 5. The summed E-state index contributed by atoms with van der Waals surface area (Å²) in [5.41, 5.74) is 4.87. The lowest BCUT2D eigenvalue weighted by Gasteiger charge is -2.20. The molecular weight excluding hydrogens is 388 g/mol. The standard InChI is InChI=1S/C18H21BrN2O2S/c1-12-7-8-24-16(12)10-20-21-17(22)11-23-15-6-5-13(9-14(15)19)18(2,3)4/h5-10H,11H2,1-4H3,(H,21,22)/b20-10+. The number of halogens is 1. The second kappa shape index (κ2) is 7.94. The molecule has 0 unspecified atom stereocenters. The first-order valence-corrected chi connectivity index (χ1v) is 9.23. The Morgan fingerprint density at radius 2 is 2.12 bits per heavy atom. The first-order chi connectivity index (χ1) is 11.3. The van der Waals surface area contributed by atoms with Crippen LogP contribution in [-0.4, -0.2) is 18.7 Å². The van der Waals surface area contributed by atoms with Gasteiger partial charge in [-0.1, -0.05) is 26.8 Å². The van der Waals surface area contributed by atoms with Crippen molar-refractivity contribution in [1.82, 2.24) is 5.43 Å². The van der Waals surface area contributed by atoms with Crippen molar-refractivity contribution in [2.75, 3.05) is 6.61 Å². The topological polar surface area (TPSA) is 50.7 Å². The number of nitrogens with zero attached hydrogens (tertiary/aromatic N) is 1. The molecule has 128 valence electrons. The Balaban J connectivity index is 1.88. The SMILES string of the molecule is Cc1ccsc1/C=N/NC(=O)COc1ccc(C(C)(C)C)cc1Br. The molecule has 0 saturated carbocycles. The smallest absolute Gasteiger partial charge is 0.277 e. The minimum absolute atomic E-state index is 0.0626. The highest BCUT2D eigenvalue weighted by atomic mass is 79.9. The van der Waals surface area contributed by atoms with Gasteiger partial charge in [-0.25, -0.2) is 5.43 Å². The molecule has 1 aromatic heterocycles. The van der Waals surface area contributed by atoms with Gasteiger partial charge in [0.2, 0.25) is 0 Å². The molecule has 1 aromatic carbocycles. The number of nitrogens with one attached hydrogen (secondary N) is 1. The van der Waals surface area contributed by atoms with E-state index >= 15 is 0 Å². The number of carbonyl (C=O) groups excluding carboxylic acids is 1. The highest BCUT2D eigenvalue weighted by Crippen LogP contribution is 2.31. The van der Waals surface area contributed by atoms with Gasteiger partial charge in [0.25, 0.3) is 5.91 Å². The number of ether oxygens (including phenoxy) is 1. The van der Waals surface area contributed by atoms with E-state index in [1.807, 2.05) is 36.6 Å². The van der Waals surface area contributed by atoms with Crippen LogP contribution in [0.1, 0.15) is 36.8 Å². The maximum atomic E-state index is 11.8. The summed E-state index contributed by atoms with van der Waals surface area (Å²) in [4.78, 5) is 12.8. The average molecular weight is 409 g/mol. The van der Waals surface area contributed by atoms with Gasteiger partial charge in [-0.3, -0.25) is 4.79 Å². The zero-order chi connectivity index (χ0) is 17.7. The van der Waals surface area contributed by atoms with Crippen LogP contribution in [-0.2, 0) is 10.2 Å². The number of thiophene rings is 1. The predicted molar refractivity (Wildman–Crippen MR) is 103 cm³/mol. The van der Waals surface area contributed by atoms with Crippen molar-refractivity contribution in [3.63, 3.8) is 0 Å². The van der Waals surface area contributed by atoms with Crippen molar-refractivity contribution >= 4 is 39.4 Å². The first-order valence-electron chi connectivity index (χ1n) is 7.56. The zero-order valence-corrected chi connectivity index (χ0v) is 16.6. The molecule has 6 heteroatoms. The van der Waals surface area contributed by atoms with E-state index in [0.717, 1.165) is 14.9 Å². The lowest BCUT2D eigenvalue weighted by atomic mass is 9.87. The van der Waals surface area contributed by atoms with Crippen molar-refractivity contribution in [3.8, 4) is 5.75 Å². The highest BCUT2D eigenvalue weighted by molar-refractivity contribution is 9.10. The molecule has 0 bridgehead atoms. The average Bonchev–Trinajstić information content (AvgIpc) is 2.90. The number of aryl methyl sites for hydroxylation is 1. The van der Waals surface area contributed by atoms with Crippen LogP contribution in [0.2, 0.25) is 0 Å². The molecule has 0 aliphatic carbocycles. The van der Waals surface area contributed by atoms with E-state index in [-0.39, 0.29) is 17.9 Å². The third-order valence-corrected chi connectivity index (χ3v) is 5.00. The van der Waals surface area contributed by atoms with Gasteiger partial charge >= 0.3 is 0 Å². The van der Waals surface area contributed by atoms with Crippen LogP contribution >= 0.6 is 27.3 Å². The van der Waals surface area contributed by atoms with Crippen molar-refractivity contribution in [2.45, 2.75) is 33.1 Å². The van der Waals surface area contributed by atoms with Crippen LogP contribution in [0.5, 0.6) is 5.75 Å². The first kappa shape index (κ1) is 18.7. The molecule has 0 saturated heterocycles. The quantitative estimate of drug-likeness (QED) is 0.578. The Morgan fingerprint density at radius 1 is 1.38 bits per heavy atom. The Labute approximate surface area is 155 Å². The molecule has 0 radical (unpaired) electrons. The largest absolute Gasteiger partial charge is 0.483 e. The molecule has 2 aromatic rings. The summed E-state index contributed by atoms with van der Waals surface area (Å²) in [7, 11) is 0. The lowest BCUT2D eigenvalue weighted by Crippen LogP contribution is -2.24. The number of amides is 1. The Hall–Kier alpha value is -1.66. The molecule has 0 aliphatic heterocycles. The van der Waals surface area contributed by atoms with Crippen molar-refractivity contribution in [3.05, 3.63) is 50.1 Å². The molecule has 0 spiro atoms. The predicted octanol–water partition coefficient (Wildman–Crippen LogP) is 4.65. The van der Waals surface area contributed by atoms with Crippen molar-refractivity contribution in [1.29, 1.82) is 0 Å². The maximum Gasteiger partial charge on any atom is 0.277 e. The summed E-state index contributed by atoms with van der Waals surface area (Å²) >= 11 is 5.07. The third kappa shape index (κ3) is 5.18. The van der Waals surface area contributed by atoms with Crippen molar-refractivity contribution < 1.29 is 9.53 Å². The number of hydrogen-bond donors (Lipinski definition) is 1. The van der Waals surface area contributed by atoms with Gasteiger partial charge in [0.1, 0.15) is 5.75 Å². The van der Waals surface area contributed by atoms with Crippen LogP contribution in [0, 0.1) is 6.92 Å². The second-order valence-corrected chi connectivity index (χ2v) is 8.25. The van der Waals surface area contributed by atoms with Gasteiger partial charge in [0.15, 0.2) is 6.61 Å². The van der Waals surface area contributed by atoms with E-state index in [9.17, 15) is 4.79 Å². The fourth-order valence-corrected chi connectivity index (χ4v) is 3.22. The van der Waals surface area contributed by atoms with E-state index < -0.39 is 0 Å². The third-order valence-electron chi connectivity index (χ3n) is 3.43. The molecule has 0 aliphatic rings. The van der Waals surface area contributed by atoms with E-state index in [2.05, 4.69) is 47.2 Å². The number of hydrazone groups is 1. The molecule has 1 amide bonds. The molecule has 0 atom stereocenters. The summed E-state index contributed by atoms with van der Waals surface area (Å²) in [6.45, 7) is 8.36. The maximum absolute atomic E-state index is 11.8. The summed E-state index contributed by atoms with van der Waals surface area (Å²) in [5, 5.41) is 5.94. The van der Waals surface area contributed by atoms with E-state index in [1.54, 1.807) is 17.6 Å². The van der Waals surface area contributed by atoms with Crippen LogP contribution in [0.25, 0.3) is 0 Å². The molecule has 24 heavy (non-hydrogen) atoms. The number of hydrogen-bond acceptors (Lipinski definition) is 4.